The third-order valence-electron chi connectivity index (χ3n) is 3.19. The fourth-order valence-electron chi connectivity index (χ4n) is 2.09. The molecule has 0 bridgehead atoms. The van der Waals surface area contributed by atoms with Crippen LogP contribution < -0.4 is 5.56 Å². The molecule has 0 saturated carbocycles. The average Bonchev–Trinajstić information content (AvgIpc) is 2.88. The molecule has 2 heterocycles. The molecule has 0 aliphatic heterocycles. The van der Waals surface area contributed by atoms with E-state index in [1.54, 1.807) is 23.0 Å². The van der Waals surface area contributed by atoms with Gasteiger partial charge < -0.3 is 0 Å². The van der Waals surface area contributed by atoms with Crippen molar-refractivity contribution in [1.29, 1.82) is 5.26 Å². The summed E-state index contributed by atoms with van der Waals surface area (Å²) in [6, 6.07) is 11.7. The molecule has 5 heteroatoms. The first-order chi connectivity index (χ1) is 9.69. The lowest BCUT2D eigenvalue weighted by atomic mass is 10.1. The van der Waals surface area contributed by atoms with Gasteiger partial charge in [-0.15, -0.1) is 0 Å². The Hall–Kier alpha value is -2.87. The minimum absolute atomic E-state index is 0.0420. The summed E-state index contributed by atoms with van der Waals surface area (Å²) in [6.07, 6.45) is 3.26. The standard InChI is InChI=1S/C15H12N4O/c1-11-2-4-12(5-3-11)13-10-14-15(20)18(7-6-16)8-9-19(14)17-13/h2-5,8-10H,7H2,1H3. The summed E-state index contributed by atoms with van der Waals surface area (Å²) in [5.74, 6) is 0. The molecule has 0 spiro atoms. The van der Waals surface area contributed by atoms with E-state index < -0.39 is 0 Å². The molecule has 0 aliphatic rings. The van der Waals surface area contributed by atoms with Gasteiger partial charge in [0.2, 0.25) is 0 Å². The predicted octanol–water partition coefficient (Wildman–Crippen LogP) is 1.99. The maximum absolute atomic E-state index is 12.2. The van der Waals surface area contributed by atoms with Crippen LogP contribution in [0.2, 0.25) is 0 Å². The molecule has 0 saturated heterocycles. The van der Waals surface area contributed by atoms with Crippen molar-refractivity contribution < 1.29 is 0 Å². The zero-order valence-electron chi connectivity index (χ0n) is 10.9. The van der Waals surface area contributed by atoms with Gasteiger partial charge in [-0.1, -0.05) is 29.8 Å². The quantitative estimate of drug-likeness (QED) is 0.711. The van der Waals surface area contributed by atoms with Crippen molar-refractivity contribution >= 4 is 5.52 Å². The Bertz CT molecular complexity index is 866. The number of benzene rings is 1. The van der Waals surface area contributed by atoms with Crippen LogP contribution in [0, 0.1) is 18.3 Å². The van der Waals surface area contributed by atoms with Gasteiger partial charge in [0, 0.05) is 18.0 Å². The van der Waals surface area contributed by atoms with Gasteiger partial charge in [-0.05, 0) is 13.0 Å². The lowest BCUT2D eigenvalue weighted by molar-refractivity contribution is 0.767. The first-order valence-corrected chi connectivity index (χ1v) is 6.22. The summed E-state index contributed by atoms with van der Waals surface area (Å²) in [4.78, 5) is 12.2. The lowest BCUT2D eigenvalue weighted by Gasteiger charge is -1.99. The molecule has 5 nitrogen and oxygen atoms in total. The van der Waals surface area contributed by atoms with Crippen LogP contribution in [0.3, 0.4) is 0 Å². The van der Waals surface area contributed by atoms with Gasteiger partial charge in [-0.3, -0.25) is 9.36 Å². The number of hydrogen-bond acceptors (Lipinski definition) is 3. The Morgan fingerprint density at radius 2 is 2.00 bits per heavy atom. The first kappa shape index (κ1) is 12.2. The van der Waals surface area contributed by atoms with Crippen molar-refractivity contribution in [1.82, 2.24) is 14.2 Å². The normalized spacial score (nSPS) is 10.6. The summed E-state index contributed by atoms with van der Waals surface area (Å²) >= 11 is 0. The van der Waals surface area contributed by atoms with E-state index in [2.05, 4.69) is 5.10 Å². The van der Waals surface area contributed by atoms with Crippen LogP contribution in [-0.4, -0.2) is 14.2 Å². The van der Waals surface area contributed by atoms with Crippen molar-refractivity contribution in [2.45, 2.75) is 13.5 Å². The van der Waals surface area contributed by atoms with E-state index in [9.17, 15) is 4.79 Å². The Kier molecular flexibility index (Phi) is 2.84. The zero-order valence-corrected chi connectivity index (χ0v) is 10.9. The predicted molar refractivity (Wildman–Crippen MR) is 75.2 cm³/mol. The van der Waals surface area contributed by atoms with Crippen molar-refractivity contribution in [3.05, 3.63) is 58.6 Å². The highest BCUT2D eigenvalue weighted by Gasteiger charge is 2.08. The third kappa shape index (κ3) is 1.97. The number of aromatic nitrogens is 3. The molecular weight excluding hydrogens is 252 g/mol. The first-order valence-electron chi connectivity index (χ1n) is 6.22. The van der Waals surface area contributed by atoms with Gasteiger partial charge >= 0.3 is 0 Å². The minimum atomic E-state index is -0.208. The summed E-state index contributed by atoms with van der Waals surface area (Å²) in [7, 11) is 0. The van der Waals surface area contributed by atoms with E-state index >= 15 is 0 Å². The van der Waals surface area contributed by atoms with Gasteiger partial charge in [0.25, 0.3) is 5.56 Å². The second kappa shape index (κ2) is 4.67. The van der Waals surface area contributed by atoms with Crippen LogP contribution in [0.15, 0.2) is 47.5 Å². The van der Waals surface area contributed by atoms with Crippen LogP contribution in [0.4, 0.5) is 0 Å². The maximum atomic E-state index is 12.2. The molecule has 3 rings (SSSR count). The highest BCUT2D eigenvalue weighted by molar-refractivity contribution is 5.65. The molecule has 20 heavy (non-hydrogen) atoms. The van der Waals surface area contributed by atoms with Crippen LogP contribution >= 0.6 is 0 Å². The van der Waals surface area contributed by atoms with Gasteiger partial charge in [-0.25, -0.2) is 4.52 Å². The average molecular weight is 264 g/mol. The molecule has 2 aromatic heterocycles. The largest absolute Gasteiger partial charge is 0.298 e. The molecular formula is C15H12N4O. The van der Waals surface area contributed by atoms with E-state index in [-0.39, 0.29) is 12.1 Å². The summed E-state index contributed by atoms with van der Waals surface area (Å²) in [5, 5.41) is 13.1. The van der Waals surface area contributed by atoms with E-state index in [0.29, 0.717) is 5.52 Å². The maximum Gasteiger partial charge on any atom is 0.277 e. The molecule has 98 valence electrons. The molecule has 1 aromatic carbocycles. The Balaban J connectivity index is 2.16. The van der Waals surface area contributed by atoms with Gasteiger partial charge in [0.05, 0.1) is 11.8 Å². The highest BCUT2D eigenvalue weighted by atomic mass is 16.1. The van der Waals surface area contributed by atoms with Gasteiger partial charge in [-0.2, -0.15) is 10.4 Å². The van der Waals surface area contributed by atoms with E-state index in [1.165, 1.54) is 10.1 Å². The number of aryl methyl sites for hydroxylation is 1. The summed E-state index contributed by atoms with van der Waals surface area (Å²) in [6.45, 7) is 2.06. The zero-order chi connectivity index (χ0) is 14.1. The van der Waals surface area contributed by atoms with Crippen molar-refractivity contribution in [3.8, 4) is 17.3 Å². The summed E-state index contributed by atoms with van der Waals surface area (Å²) < 4.78 is 2.92. The third-order valence-corrected chi connectivity index (χ3v) is 3.19. The SMILES string of the molecule is Cc1ccc(-c2cc3c(=O)n(CC#N)ccn3n2)cc1. The minimum Gasteiger partial charge on any atom is -0.298 e. The van der Waals surface area contributed by atoms with E-state index in [1.807, 2.05) is 37.3 Å². The van der Waals surface area contributed by atoms with Crippen LogP contribution in [0.1, 0.15) is 5.56 Å². The Morgan fingerprint density at radius 3 is 2.70 bits per heavy atom. The molecule has 0 radical (unpaired) electrons. The van der Waals surface area contributed by atoms with Crippen molar-refractivity contribution in [3.63, 3.8) is 0 Å². The topological polar surface area (TPSA) is 63.1 Å². The fraction of sp³-hybridized carbons (Fsp3) is 0.133. The number of rotatable bonds is 2. The smallest absolute Gasteiger partial charge is 0.277 e. The van der Waals surface area contributed by atoms with Crippen LogP contribution in [-0.2, 0) is 6.54 Å². The summed E-state index contributed by atoms with van der Waals surface area (Å²) in [5.41, 5.74) is 3.15. The monoisotopic (exact) mass is 264 g/mol. The van der Waals surface area contributed by atoms with Crippen molar-refractivity contribution in [2.75, 3.05) is 0 Å². The van der Waals surface area contributed by atoms with Crippen LogP contribution in [0.25, 0.3) is 16.8 Å². The Morgan fingerprint density at radius 1 is 1.25 bits per heavy atom. The van der Waals surface area contributed by atoms with Gasteiger partial charge in [0.15, 0.2) is 0 Å². The number of nitriles is 1. The van der Waals surface area contributed by atoms with Gasteiger partial charge in [0.1, 0.15) is 12.1 Å². The van der Waals surface area contributed by atoms with Crippen LogP contribution in [0.5, 0.6) is 0 Å². The van der Waals surface area contributed by atoms with Crippen molar-refractivity contribution in [2.24, 2.45) is 0 Å². The molecule has 3 aromatic rings. The molecule has 0 atom stereocenters. The Labute approximate surface area is 115 Å². The molecule has 0 aliphatic carbocycles. The number of nitrogens with zero attached hydrogens (tertiary/aromatic N) is 4. The number of fused-ring (bicyclic) bond motifs is 1. The van der Waals surface area contributed by atoms with E-state index in [0.717, 1.165) is 11.3 Å². The second-order valence-electron chi connectivity index (χ2n) is 4.61. The second-order valence-corrected chi connectivity index (χ2v) is 4.61. The van der Waals surface area contributed by atoms with E-state index in [4.69, 9.17) is 5.26 Å². The fourth-order valence-corrected chi connectivity index (χ4v) is 2.09. The molecule has 0 amide bonds. The molecule has 0 N–H and O–H groups in total. The number of hydrogen-bond donors (Lipinski definition) is 0. The molecule has 0 fully saturated rings. The molecule has 0 unspecified atom stereocenters. The lowest BCUT2D eigenvalue weighted by Crippen LogP contribution is -2.20. The highest BCUT2D eigenvalue weighted by Crippen LogP contribution is 2.18.